The number of carbonyl (C=O) groups excluding carboxylic acids is 1. The summed E-state index contributed by atoms with van der Waals surface area (Å²) in [6, 6.07) is 1.94. The third-order valence-corrected chi connectivity index (χ3v) is 3.97. The van der Waals surface area contributed by atoms with Gasteiger partial charge in [-0.25, -0.2) is 0 Å². The number of thiophene rings is 1. The topological polar surface area (TPSA) is 40.5 Å². The highest BCUT2D eigenvalue weighted by Crippen LogP contribution is 2.23. The summed E-state index contributed by atoms with van der Waals surface area (Å²) in [5.41, 5.74) is 1.17. The summed E-state index contributed by atoms with van der Waals surface area (Å²) in [6.07, 6.45) is 0.367. The second-order valence-corrected chi connectivity index (χ2v) is 5.30. The number of aliphatic hydroxyl groups is 1. The number of β-amino-alcohol motifs (C(OH)–C–C–N with tert-alkyl or cyclic N) is 1. The number of carbonyl (C=O) groups is 1. The Balaban J connectivity index is 2.14. The maximum atomic E-state index is 12.0. The fraction of sp³-hybridized carbons (Fsp3) is 0.545. The molecule has 1 aliphatic heterocycles. The first-order valence-electron chi connectivity index (χ1n) is 5.12. The van der Waals surface area contributed by atoms with Crippen LogP contribution in [0.15, 0.2) is 6.07 Å². The normalized spacial score (nSPS) is 21.0. The molecule has 1 aliphatic rings. The molecule has 1 aromatic heterocycles. The number of hydrogen-bond acceptors (Lipinski definition) is 3. The molecule has 15 heavy (non-hydrogen) atoms. The van der Waals surface area contributed by atoms with Gasteiger partial charge in [-0.05, 0) is 31.9 Å². The first-order valence-corrected chi connectivity index (χ1v) is 5.94. The average Bonchev–Trinajstić information content (AvgIpc) is 2.74. The van der Waals surface area contributed by atoms with Crippen LogP contribution in [0.3, 0.4) is 0 Å². The van der Waals surface area contributed by atoms with Crippen molar-refractivity contribution in [2.75, 3.05) is 13.1 Å². The van der Waals surface area contributed by atoms with Gasteiger partial charge in [0.05, 0.1) is 11.0 Å². The minimum Gasteiger partial charge on any atom is -0.391 e. The lowest BCUT2D eigenvalue weighted by atomic mass is 10.3. The Labute approximate surface area is 93.3 Å². The van der Waals surface area contributed by atoms with Crippen molar-refractivity contribution < 1.29 is 9.90 Å². The summed E-state index contributed by atoms with van der Waals surface area (Å²) in [7, 11) is 0. The van der Waals surface area contributed by atoms with Crippen LogP contribution >= 0.6 is 11.3 Å². The van der Waals surface area contributed by atoms with Gasteiger partial charge < -0.3 is 10.0 Å². The van der Waals surface area contributed by atoms with E-state index in [4.69, 9.17) is 0 Å². The molecule has 4 heteroatoms. The molecule has 0 unspecified atom stereocenters. The molecule has 2 rings (SSSR count). The van der Waals surface area contributed by atoms with Crippen LogP contribution in [0.5, 0.6) is 0 Å². The summed E-state index contributed by atoms with van der Waals surface area (Å²) in [5.74, 6) is 0.0627. The fourth-order valence-electron chi connectivity index (χ4n) is 1.76. The monoisotopic (exact) mass is 225 g/mol. The SMILES string of the molecule is Cc1cc(C(=O)N2CC[C@H](O)C2)sc1C. The molecule has 1 amide bonds. The second-order valence-electron chi connectivity index (χ2n) is 4.04. The quantitative estimate of drug-likeness (QED) is 0.788. The van der Waals surface area contributed by atoms with Crippen molar-refractivity contribution in [1.29, 1.82) is 0 Å². The van der Waals surface area contributed by atoms with Gasteiger partial charge in [0.25, 0.3) is 5.91 Å². The Morgan fingerprint density at radius 3 is 2.80 bits per heavy atom. The Hall–Kier alpha value is -0.870. The summed E-state index contributed by atoms with van der Waals surface area (Å²) >= 11 is 1.54. The number of aryl methyl sites for hydroxylation is 2. The van der Waals surface area contributed by atoms with Gasteiger partial charge in [-0.3, -0.25) is 4.79 Å². The van der Waals surface area contributed by atoms with Gasteiger partial charge in [0, 0.05) is 18.0 Å². The molecule has 1 aromatic rings. The minimum absolute atomic E-state index is 0.0627. The average molecular weight is 225 g/mol. The molecule has 0 aliphatic carbocycles. The predicted octanol–water partition coefficient (Wildman–Crippen LogP) is 1.57. The Morgan fingerprint density at radius 2 is 2.33 bits per heavy atom. The summed E-state index contributed by atoms with van der Waals surface area (Å²) in [5, 5.41) is 9.36. The Morgan fingerprint density at radius 1 is 1.60 bits per heavy atom. The molecule has 1 saturated heterocycles. The van der Waals surface area contributed by atoms with Gasteiger partial charge in [0.2, 0.25) is 0 Å². The number of hydrogen-bond donors (Lipinski definition) is 1. The molecule has 3 nitrogen and oxygen atoms in total. The van der Waals surface area contributed by atoms with E-state index in [2.05, 4.69) is 0 Å². The van der Waals surface area contributed by atoms with Crippen molar-refractivity contribution in [3.63, 3.8) is 0 Å². The van der Waals surface area contributed by atoms with Gasteiger partial charge in [0.1, 0.15) is 0 Å². The second kappa shape index (κ2) is 3.94. The van der Waals surface area contributed by atoms with E-state index >= 15 is 0 Å². The number of likely N-dealkylation sites (tertiary alicyclic amines) is 1. The number of nitrogens with zero attached hydrogens (tertiary/aromatic N) is 1. The predicted molar refractivity (Wildman–Crippen MR) is 60.3 cm³/mol. The van der Waals surface area contributed by atoms with Gasteiger partial charge in [-0.1, -0.05) is 0 Å². The van der Waals surface area contributed by atoms with Gasteiger partial charge >= 0.3 is 0 Å². The number of aliphatic hydroxyl groups excluding tert-OH is 1. The summed E-state index contributed by atoms with van der Waals surface area (Å²) < 4.78 is 0. The molecular weight excluding hydrogens is 210 g/mol. The van der Waals surface area contributed by atoms with E-state index in [0.29, 0.717) is 19.5 Å². The van der Waals surface area contributed by atoms with Crippen molar-refractivity contribution in [3.05, 3.63) is 21.4 Å². The zero-order valence-corrected chi connectivity index (χ0v) is 9.80. The van der Waals surface area contributed by atoms with E-state index in [0.717, 1.165) is 4.88 Å². The number of rotatable bonds is 1. The van der Waals surface area contributed by atoms with E-state index < -0.39 is 0 Å². The smallest absolute Gasteiger partial charge is 0.264 e. The van der Waals surface area contributed by atoms with Crippen LogP contribution in [-0.4, -0.2) is 35.1 Å². The highest BCUT2D eigenvalue weighted by molar-refractivity contribution is 7.14. The maximum absolute atomic E-state index is 12.0. The number of amides is 1. The van der Waals surface area contributed by atoms with E-state index in [1.165, 1.54) is 21.8 Å². The maximum Gasteiger partial charge on any atom is 0.264 e. The van der Waals surface area contributed by atoms with Crippen LogP contribution < -0.4 is 0 Å². The third-order valence-electron chi connectivity index (χ3n) is 2.83. The lowest BCUT2D eigenvalue weighted by Crippen LogP contribution is -2.28. The van der Waals surface area contributed by atoms with E-state index in [1.54, 1.807) is 4.90 Å². The Bertz CT molecular complexity index is 366. The lowest BCUT2D eigenvalue weighted by Gasteiger charge is -2.13. The van der Waals surface area contributed by atoms with Crippen LogP contribution in [0.2, 0.25) is 0 Å². The third kappa shape index (κ3) is 2.06. The molecule has 0 saturated carbocycles. The molecule has 0 aromatic carbocycles. The van der Waals surface area contributed by atoms with E-state index in [9.17, 15) is 9.90 Å². The van der Waals surface area contributed by atoms with Crippen molar-refractivity contribution in [1.82, 2.24) is 4.90 Å². The zero-order valence-electron chi connectivity index (χ0n) is 8.99. The highest BCUT2D eigenvalue weighted by Gasteiger charge is 2.26. The van der Waals surface area contributed by atoms with Gasteiger partial charge in [-0.15, -0.1) is 11.3 Å². The molecule has 1 atom stereocenters. The van der Waals surface area contributed by atoms with E-state index in [1.807, 2.05) is 19.9 Å². The van der Waals surface area contributed by atoms with Crippen molar-refractivity contribution in [3.8, 4) is 0 Å². The molecular formula is C11H15NO2S. The standard InChI is InChI=1S/C11H15NO2S/c1-7-5-10(15-8(7)2)11(14)12-4-3-9(13)6-12/h5,9,13H,3-4,6H2,1-2H3/t9-/m0/s1. The summed E-state index contributed by atoms with van der Waals surface area (Å²) in [6.45, 7) is 5.20. The van der Waals surface area contributed by atoms with Crippen LogP contribution in [0.4, 0.5) is 0 Å². The van der Waals surface area contributed by atoms with Gasteiger partial charge in [-0.2, -0.15) is 0 Å². The molecule has 2 heterocycles. The van der Waals surface area contributed by atoms with Crippen LogP contribution in [0.1, 0.15) is 26.5 Å². The lowest BCUT2D eigenvalue weighted by molar-refractivity contribution is 0.0769. The molecule has 0 radical (unpaired) electrons. The fourth-order valence-corrected chi connectivity index (χ4v) is 2.76. The minimum atomic E-state index is -0.337. The van der Waals surface area contributed by atoms with Crippen molar-refractivity contribution >= 4 is 17.2 Å². The van der Waals surface area contributed by atoms with E-state index in [-0.39, 0.29) is 12.0 Å². The van der Waals surface area contributed by atoms with Crippen molar-refractivity contribution in [2.24, 2.45) is 0 Å². The highest BCUT2D eigenvalue weighted by atomic mass is 32.1. The Kier molecular flexibility index (Phi) is 2.80. The molecule has 0 spiro atoms. The van der Waals surface area contributed by atoms with Crippen LogP contribution in [0.25, 0.3) is 0 Å². The van der Waals surface area contributed by atoms with Gasteiger partial charge in [0.15, 0.2) is 0 Å². The summed E-state index contributed by atoms with van der Waals surface area (Å²) in [4.78, 5) is 15.7. The largest absolute Gasteiger partial charge is 0.391 e. The molecule has 82 valence electrons. The molecule has 1 fully saturated rings. The first kappa shape index (κ1) is 10.6. The van der Waals surface area contributed by atoms with Crippen LogP contribution in [-0.2, 0) is 0 Å². The first-order chi connectivity index (χ1) is 7.08. The zero-order chi connectivity index (χ0) is 11.0. The molecule has 0 bridgehead atoms. The van der Waals surface area contributed by atoms with Crippen LogP contribution in [0, 0.1) is 13.8 Å². The van der Waals surface area contributed by atoms with Crippen molar-refractivity contribution in [2.45, 2.75) is 26.4 Å². The molecule has 1 N–H and O–H groups in total.